The van der Waals surface area contributed by atoms with Gasteiger partial charge in [0.2, 0.25) is 0 Å². The second-order valence-electron chi connectivity index (χ2n) is 4.40. The molecule has 108 valence electrons. The zero-order valence-corrected chi connectivity index (χ0v) is 12.1. The van der Waals surface area contributed by atoms with Crippen molar-refractivity contribution in [3.8, 4) is 0 Å². The van der Waals surface area contributed by atoms with Gasteiger partial charge in [-0.1, -0.05) is 0 Å². The molecule has 0 aromatic carbocycles. The predicted octanol–water partition coefficient (Wildman–Crippen LogP) is 0.966. The second-order valence-corrected chi connectivity index (χ2v) is 4.40. The van der Waals surface area contributed by atoms with Gasteiger partial charge in [-0.05, 0) is 6.92 Å². The summed E-state index contributed by atoms with van der Waals surface area (Å²) >= 11 is 0. The highest BCUT2D eigenvalue weighted by atomic mass is 16.5. The third-order valence-electron chi connectivity index (χ3n) is 2.80. The summed E-state index contributed by atoms with van der Waals surface area (Å²) in [4.78, 5) is 8.71. The van der Waals surface area contributed by atoms with Gasteiger partial charge < -0.3 is 19.9 Å². The highest BCUT2D eigenvalue weighted by Gasteiger charge is 2.13. The molecule has 2 aromatic heterocycles. The third-order valence-corrected chi connectivity index (χ3v) is 2.80. The monoisotopic (exact) mass is 277 g/mol. The Balaban J connectivity index is 2.19. The molecule has 0 spiro atoms. The fourth-order valence-corrected chi connectivity index (χ4v) is 1.86. The normalized spacial score (nSPS) is 12.2. The van der Waals surface area contributed by atoms with Crippen molar-refractivity contribution in [2.45, 2.75) is 19.6 Å². The maximum absolute atomic E-state index is 5.07. The number of nitrogens with zero attached hydrogens (tertiary/aromatic N) is 5. The molecule has 1 unspecified atom stereocenters. The summed E-state index contributed by atoms with van der Waals surface area (Å²) in [6.07, 6.45) is 1.67. The van der Waals surface area contributed by atoms with E-state index in [0.29, 0.717) is 18.2 Å². The molecule has 8 nitrogen and oxygen atoms in total. The molecule has 1 atom stereocenters. The maximum Gasteiger partial charge on any atom is 0.158 e. The molecule has 8 heteroatoms. The van der Waals surface area contributed by atoms with Crippen molar-refractivity contribution in [2.75, 3.05) is 24.8 Å². The van der Waals surface area contributed by atoms with Crippen LogP contribution in [0.15, 0.2) is 12.4 Å². The number of anilines is 2. The Hall–Kier alpha value is -2.22. The van der Waals surface area contributed by atoms with Crippen LogP contribution in [0.25, 0.3) is 0 Å². The summed E-state index contributed by atoms with van der Waals surface area (Å²) in [5.41, 5.74) is 0. The van der Waals surface area contributed by atoms with Gasteiger partial charge in [-0.15, -0.1) is 10.2 Å². The van der Waals surface area contributed by atoms with Gasteiger partial charge in [0.25, 0.3) is 0 Å². The van der Waals surface area contributed by atoms with E-state index < -0.39 is 0 Å². The van der Waals surface area contributed by atoms with Crippen LogP contribution >= 0.6 is 0 Å². The second kappa shape index (κ2) is 6.29. The summed E-state index contributed by atoms with van der Waals surface area (Å²) in [6.45, 7) is 2.36. The van der Waals surface area contributed by atoms with Crippen LogP contribution in [-0.2, 0) is 18.4 Å². The van der Waals surface area contributed by atoms with Crippen LogP contribution in [0.3, 0.4) is 0 Å². The van der Waals surface area contributed by atoms with Crippen molar-refractivity contribution in [1.82, 2.24) is 24.7 Å². The summed E-state index contributed by atoms with van der Waals surface area (Å²) in [7, 11) is 5.34. The Bertz CT molecular complexity index is 569. The highest BCUT2D eigenvalue weighted by Crippen LogP contribution is 2.18. The van der Waals surface area contributed by atoms with Crippen LogP contribution in [0.5, 0.6) is 0 Å². The minimum absolute atomic E-state index is 0.0162. The van der Waals surface area contributed by atoms with Gasteiger partial charge >= 0.3 is 0 Å². The molecule has 0 aliphatic heterocycles. The van der Waals surface area contributed by atoms with Gasteiger partial charge in [0.05, 0.1) is 6.04 Å². The smallest absolute Gasteiger partial charge is 0.158 e. The van der Waals surface area contributed by atoms with Gasteiger partial charge in [0.1, 0.15) is 24.6 Å². The Morgan fingerprint density at radius 2 is 2.10 bits per heavy atom. The average Bonchev–Trinajstić information content (AvgIpc) is 2.85. The van der Waals surface area contributed by atoms with Gasteiger partial charge in [0.15, 0.2) is 11.6 Å². The van der Waals surface area contributed by atoms with E-state index in [1.165, 1.54) is 0 Å². The Morgan fingerprint density at radius 1 is 1.35 bits per heavy atom. The first kappa shape index (κ1) is 14.2. The number of nitrogens with one attached hydrogen (secondary N) is 2. The molecule has 0 saturated carbocycles. The van der Waals surface area contributed by atoms with Crippen LogP contribution in [0.1, 0.15) is 24.6 Å². The quantitative estimate of drug-likeness (QED) is 0.813. The summed E-state index contributed by atoms with van der Waals surface area (Å²) < 4.78 is 6.94. The van der Waals surface area contributed by atoms with Crippen molar-refractivity contribution in [3.63, 3.8) is 0 Å². The first-order valence-electron chi connectivity index (χ1n) is 6.29. The minimum atomic E-state index is -0.0162. The first-order chi connectivity index (χ1) is 9.63. The zero-order valence-electron chi connectivity index (χ0n) is 12.1. The lowest BCUT2D eigenvalue weighted by atomic mass is 10.3. The third kappa shape index (κ3) is 3.21. The van der Waals surface area contributed by atoms with E-state index in [4.69, 9.17) is 4.74 Å². The van der Waals surface area contributed by atoms with E-state index in [1.807, 2.05) is 31.7 Å². The molecule has 0 amide bonds. The van der Waals surface area contributed by atoms with Crippen molar-refractivity contribution >= 4 is 11.6 Å². The average molecular weight is 277 g/mol. The first-order valence-corrected chi connectivity index (χ1v) is 6.29. The number of aromatic nitrogens is 5. The molecule has 2 rings (SSSR count). The SMILES string of the molecule is CNc1cc(NC(C)c2nncn2C)nc(COC)n1. The van der Waals surface area contributed by atoms with E-state index in [0.717, 1.165) is 11.6 Å². The van der Waals surface area contributed by atoms with E-state index >= 15 is 0 Å². The lowest BCUT2D eigenvalue weighted by Crippen LogP contribution is -2.14. The lowest BCUT2D eigenvalue weighted by Gasteiger charge is -2.15. The topological polar surface area (TPSA) is 89.8 Å². The highest BCUT2D eigenvalue weighted by molar-refractivity contribution is 5.47. The van der Waals surface area contributed by atoms with E-state index in [-0.39, 0.29) is 6.04 Å². The number of methoxy groups -OCH3 is 1. The molecule has 0 saturated heterocycles. The molecule has 0 aliphatic carbocycles. The van der Waals surface area contributed by atoms with Gasteiger partial charge in [0, 0.05) is 27.3 Å². The summed E-state index contributed by atoms with van der Waals surface area (Å²) in [5, 5.41) is 14.2. The molecule has 2 N–H and O–H groups in total. The van der Waals surface area contributed by atoms with Crippen LogP contribution in [0.2, 0.25) is 0 Å². The summed E-state index contributed by atoms with van der Waals surface area (Å²) in [6, 6.07) is 1.82. The van der Waals surface area contributed by atoms with Gasteiger partial charge in [-0.3, -0.25) is 0 Å². The Labute approximate surface area is 117 Å². The number of hydrogen-bond acceptors (Lipinski definition) is 7. The lowest BCUT2D eigenvalue weighted by molar-refractivity contribution is 0.178. The number of hydrogen-bond donors (Lipinski definition) is 2. The van der Waals surface area contributed by atoms with Gasteiger partial charge in [-0.2, -0.15) is 0 Å². The molecule has 0 fully saturated rings. The minimum Gasteiger partial charge on any atom is -0.377 e. The number of aryl methyl sites for hydroxylation is 1. The van der Waals surface area contributed by atoms with Crippen LogP contribution < -0.4 is 10.6 Å². The molecule has 2 aromatic rings. The van der Waals surface area contributed by atoms with Gasteiger partial charge in [-0.25, -0.2) is 9.97 Å². The fraction of sp³-hybridized carbons (Fsp3) is 0.500. The molecule has 20 heavy (non-hydrogen) atoms. The van der Waals surface area contributed by atoms with Crippen LogP contribution in [0.4, 0.5) is 11.6 Å². The van der Waals surface area contributed by atoms with Crippen molar-refractivity contribution < 1.29 is 4.74 Å². The predicted molar refractivity (Wildman–Crippen MR) is 75.3 cm³/mol. The molecule has 0 radical (unpaired) electrons. The largest absolute Gasteiger partial charge is 0.377 e. The fourth-order valence-electron chi connectivity index (χ4n) is 1.86. The molecule has 2 heterocycles. The molecular formula is C12H19N7O. The van der Waals surface area contributed by atoms with E-state index in [9.17, 15) is 0 Å². The maximum atomic E-state index is 5.07. The Morgan fingerprint density at radius 3 is 2.70 bits per heavy atom. The standard InChI is InChI=1S/C12H19N7O/c1-8(12-18-14-7-19(12)3)15-10-5-9(13-2)16-11(17-10)6-20-4/h5,7-8H,6H2,1-4H3,(H2,13,15,16,17). The van der Waals surface area contributed by atoms with Crippen LogP contribution in [0, 0.1) is 0 Å². The van der Waals surface area contributed by atoms with E-state index in [1.54, 1.807) is 13.4 Å². The van der Waals surface area contributed by atoms with Crippen LogP contribution in [-0.4, -0.2) is 38.9 Å². The van der Waals surface area contributed by atoms with Crippen molar-refractivity contribution in [1.29, 1.82) is 0 Å². The zero-order chi connectivity index (χ0) is 14.5. The van der Waals surface area contributed by atoms with Crippen molar-refractivity contribution in [3.05, 3.63) is 24.0 Å². The molecular weight excluding hydrogens is 258 g/mol. The molecule has 0 bridgehead atoms. The van der Waals surface area contributed by atoms with Crippen molar-refractivity contribution in [2.24, 2.45) is 7.05 Å². The number of rotatable bonds is 6. The summed E-state index contributed by atoms with van der Waals surface area (Å²) in [5.74, 6) is 2.90. The molecule has 0 aliphatic rings. The Kier molecular flexibility index (Phi) is 4.46. The van der Waals surface area contributed by atoms with E-state index in [2.05, 4.69) is 30.8 Å². The number of ether oxygens (including phenoxy) is 1.